The molecule has 2 N–H and O–H groups in total. The second-order valence-corrected chi connectivity index (χ2v) is 3.49. The molecule has 0 unspecified atom stereocenters. The van der Waals surface area contributed by atoms with Crippen molar-refractivity contribution in [3.8, 4) is 5.69 Å². The Bertz CT molecular complexity index is 563. The molecule has 1 heterocycles. The number of para-hydroxylation sites is 1. The van der Waals surface area contributed by atoms with Crippen LogP contribution in [-0.2, 0) is 0 Å². The molecule has 2 aromatic rings. The van der Waals surface area contributed by atoms with Gasteiger partial charge in [-0.1, -0.05) is 12.1 Å². The van der Waals surface area contributed by atoms with Crippen LogP contribution in [0.3, 0.4) is 0 Å². The van der Waals surface area contributed by atoms with E-state index in [1.165, 1.54) is 6.07 Å². The summed E-state index contributed by atoms with van der Waals surface area (Å²) >= 11 is 4.88. The van der Waals surface area contributed by atoms with Crippen LogP contribution < -0.4 is 5.69 Å². The van der Waals surface area contributed by atoms with Gasteiger partial charge >= 0.3 is 5.69 Å². The van der Waals surface area contributed by atoms with Gasteiger partial charge in [0.25, 0.3) is 0 Å². The number of hydrogen-bond acceptors (Lipinski definition) is 2. The van der Waals surface area contributed by atoms with E-state index >= 15 is 0 Å². The minimum absolute atomic E-state index is 0.146. The van der Waals surface area contributed by atoms with E-state index < -0.39 is 11.5 Å². The molecule has 1 aromatic heterocycles. The topological polar surface area (TPSA) is 53.6 Å². The van der Waals surface area contributed by atoms with E-state index in [4.69, 9.17) is 12.2 Å². The van der Waals surface area contributed by atoms with Gasteiger partial charge in [0.05, 0.1) is 5.69 Å². The van der Waals surface area contributed by atoms with Crippen LogP contribution in [-0.4, -0.2) is 14.8 Å². The van der Waals surface area contributed by atoms with Gasteiger partial charge in [-0.2, -0.15) is 0 Å². The summed E-state index contributed by atoms with van der Waals surface area (Å²) in [6.45, 7) is 1.71. The van der Waals surface area contributed by atoms with E-state index in [9.17, 15) is 9.18 Å². The molecule has 1 aromatic carbocycles. The maximum absolute atomic E-state index is 13.5. The predicted molar refractivity (Wildman–Crippen MR) is 56.3 cm³/mol. The maximum Gasteiger partial charge on any atom is 0.347 e. The molecule has 6 heteroatoms. The van der Waals surface area contributed by atoms with E-state index in [0.717, 1.165) is 4.57 Å². The van der Waals surface area contributed by atoms with Crippen LogP contribution >= 0.6 is 12.2 Å². The molecule has 0 aliphatic carbocycles. The van der Waals surface area contributed by atoms with Crippen molar-refractivity contribution in [1.82, 2.24) is 14.8 Å². The summed E-state index contributed by atoms with van der Waals surface area (Å²) < 4.78 is 14.8. The zero-order valence-corrected chi connectivity index (χ0v) is 8.69. The SMILES string of the molecule is Cc1cccc(F)c1-n1c(=O)[nH][nH]c1=S. The van der Waals surface area contributed by atoms with Crippen molar-refractivity contribution in [3.05, 3.63) is 44.8 Å². The summed E-state index contributed by atoms with van der Waals surface area (Å²) in [5, 5.41) is 4.76. The Morgan fingerprint density at radius 2 is 2.13 bits per heavy atom. The second-order valence-electron chi connectivity index (χ2n) is 3.10. The number of hydrogen-bond donors (Lipinski definition) is 2. The number of benzene rings is 1. The van der Waals surface area contributed by atoms with E-state index in [-0.39, 0.29) is 10.5 Å². The molecule has 0 aliphatic rings. The Labute approximate surface area is 89.4 Å². The van der Waals surface area contributed by atoms with Gasteiger partial charge in [0.15, 0.2) is 0 Å². The summed E-state index contributed by atoms with van der Waals surface area (Å²) in [6.07, 6.45) is 0. The molecule has 0 fully saturated rings. The molecule has 15 heavy (non-hydrogen) atoms. The third-order valence-corrected chi connectivity index (χ3v) is 2.38. The summed E-state index contributed by atoms with van der Waals surface area (Å²) in [6, 6.07) is 4.59. The lowest BCUT2D eigenvalue weighted by molar-refractivity contribution is 0.614. The molecule has 0 saturated heterocycles. The Hall–Kier alpha value is -1.69. The molecule has 4 nitrogen and oxygen atoms in total. The molecule has 0 bridgehead atoms. The average molecular weight is 225 g/mol. The van der Waals surface area contributed by atoms with E-state index in [0.29, 0.717) is 5.56 Å². The van der Waals surface area contributed by atoms with Crippen LogP contribution in [0.15, 0.2) is 23.0 Å². The highest BCUT2D eigenvalue weighted by atomic mass is 32.1. The van der Waals surface area contributed by atoms with Crippen molar-refractivity contribution in [2.24, 2.45) is 0 Å². The molecule has 0 saturated carbocycles. The fourth-order valence-corrected chi connectivity index (χ4v) is 1.65. The number of H-pyrrole nitrogens is 2. The lowest BCUT2D eigenvalue weighted by Crippen LogP contribution is -2.17. The van der Waals surface area contributed by atoms with Crippen LogP contribution in [0.25, 0.3) is 5.69 Å². The molecule has 0 amide bonds. The number of aromatic nitrogens is 3. The van der Waals surface area contributed by atoms with Crippen molar-refractivity contribution >= 4 is 12.2 Å². The Morgan fingerprint density at radius 3 is 2.67 bits per heavy atom. The van der Waals surface area contributed by atoms with Crippen LogP contribution in [0.1, 0.15) is 5.56 Å². The van der Waals surface area contributed by atoms with Crippen LogP contribution in [0.2, 0.25) is 0 Å². The monoisotopic (exact) mass is 225 g/mol. The van der Waals surface area contributed by atoms with Gasteiger partial charge in [0, 0.05) is 0 Å². The van der Waals surface area contributed by atoms with Gasteiger partial charge in [-0.25, -0.2) is 18.9 Å². The number of halogens is 1. The predicted octanol–water partition coefficient (Wildman–Crippen LogP) is 1.67. The molecular weight excluding hydrogens is 217 g/mol. The Kier molecular flexibility index (Phi) is 2.28. The maximum atomic E-state index is 13.5. The lowest BCUT2D eigenvalue weighted by atomic mass is 10.2. The minimum atomic E-state index is -0.479. The van der Waals surface area contributed by atoms with Crippen molar-refractivity contribution in [1.29, 1.82) is 0 Å². The van der Waals surface area contributed by atoms with Gasteiger partial charge in [0.2, 0.25) is 4.77 Å². The van der Waals surface area contributed by atoms with Gasteiger partial charge in [-0.05, 0) is 30.8 Å². The summed E-state index contributed by atoms with van der Waals surface area (Å²) in [5.41, 5.74) is 0.356. The number of nitrogens with zero attached hydrogens (tertiary/aromatic N) is 1. The molecule has 0 radical (unpaired) electrons. The third kappa shape index (κ3) is 1.52. The molecule has 0 atom stereocenters. The first-order valence-electron chi connectivity index (χ1n) is 4.26. The quantitative estimate of drug-likeness (QED) is 0.725. The van der Waals surface area contributed by atoms with Crippen LogP contribution in [0.5, 0.6) is 0 Å². The minimum Gasteiger partial charge on any atom is -0.272 e. The molecular formula is C9H8FN3OS. The summed E-state index contributed by atoms with van der Waals surface area (Å²) in [4.78, 5) is 11.4. The standard InChI is InChI=1S/C9H8FN3OS/c1-5-3-2-4-6(10)7(5)13-8(14)11-12-9(13)15/h2-4H,1H3,(H,11,14)(H,12,15). The first kappa shape index (κ1) is 9.85. The highest BCUT2D eigenvalue weighted by Crippen LogP contribution is 2.15. The zero-order chi connectivity index (χ0) is 11.0. The van der Waals surface area contributed by atoms with E-state index in [1.54, 1.807) is 19.1 Å². The van der Waals surface area contributed by atoms with Crippen molar-refractivity contribution < 1.29 is 4.39 Å². The number of aryl methyl sites for hydroxylation is 1. The van der Waals surface area contributed by atoms with Crippen molar-refractivity contribution in [2.75, 3.05) is 0 Å². The highest BCUT2D eigenvalue weighted by molar-refractivity contribution is 7.71. The van der Waals surface area contributed by atoms with Crippen LogP contribution in [0.4, 0.5) is 4.39 Å². The highest BCUT2D eigenvalue weighted by Gasteiger charge is 2.11. The Morgan fingerprint density at radius 1 is 1.40 bits per heavy atom. The second kappa shape index (κ2) is 3.47. The van der Waals surface area contributed by atoms with Gasteiger partial charge in [-0.3, -0.25) is 5.10 Å². The zero-order valence-electron chi connectivity index (χ0n) is 7.87. The molecule has 0 spiro atoms. The smallest absolute Gasteiger partial charge is 0.272 e. The number of rotatable bonds is 1. The normalized spacial score (nSPS) is 10.5. The summed E-state index contributed by atoms with van der Waals surface area (Å²) in [5.74, 6) is -0.476. The van der Waals surface area contributed by atoms with Gasteiger partial charge < -0.3 is 0 Å². The first-order chi connectivity index (χ1) is 7.11. The van der Waals surface area contributed by atoms with Gasteiger partial charge in [-0.15, -0.1) is 0 Å². The molecule has 0 aliphatic heterocycles. The fraction of sp³-hybridized carbons (Fsp3) is 0.111. The number of nitrogens with one attached hydrogen (secondary N) is 2. The van der Waals surface area contributed by atoms with Crippen molar-refractivity contribution in [3.63, 3.8) is 0 Å². The lowest BCUT2D eigenvalue weighted by Gasteiger charge is -2.05. The van der Waals surface area contributed by atoms with E-state index in [1.807, 2.05) is 0 Å². The van der Waals surface area contributed by atoms with Crippen LogP contribution in [0, 0.1) is 17.5 Å². The molecule has 78 valence electrons. The van der Waals surface area contributed by atoms with Gasteiger partial charge in [0.1, 0.15) is 5.82 Å². The fourth-order valence-electron chi connectivity index (χ4n) is 1.42. The Balaban J connectivity index is 2.86. The number of aromatic amines is 2. The summed E-state index contributed by atoms with van der Waals surface area (Å²) in [7, 11) is 0. The average Bonchev–Trinajstić information content (AvgIpc) is 2.49. The first-order valence-corrected chi connectivity index (χ1v) is 4.67. The molecule has 2 rings (SSSR count). The van der Waals surface area contributed by atoms with Crippen molar-refractivity contribution in [2.45, 2.75) is 6.92 Å². The van der Waals surface area contributed by atoms with E-state index in [2.05, 4.69) is 10.2 Å². The largest absolute Gasteiger partial charge is 0.347 e. The third-order valence-electron chi connectivity index (χ3n) is 2.09.